The summed E-state index contributed by atoms with van der Waals surface area (Å²) in [6.07, 6.45) is 4.58. The maximum Gasteiger partial charge on any atom is 0.0595 e. The minimum absolute atomic E-state index is 0.0207. The molecule has 18 heavy (non-hydrogen) atoms. The number of rotatable bonds is 3. The number of ether oxygens (including phenoxy) is 1. The maximum atomic E-state index is 6.12. The molecule has 2 N–H and O–H groups in total. The van der Waals surface area contributed by atoms with Gasteiger partial charge < -0.3 is 10.5 Å². The average molecular weight is 288 g/mol. The maximum absolute atomic E-state index is 6.12. The second-order valence-electron chi connectivity index (χ2n) is 5.07. The fourth-order valence-electron chi connectivity index (χ4n) is 2.90. The lowest BCUT2D eigenvalue weighted by Crippen LogP contribution is -2.42. The van der Waals surface area contributed by atoms with Crippen LogP contribution in [-0.4, -0.2) is 19.8 Å². The minimum atomic E-state index is -0.0207. The fourth-order valence-corrected chi connectivity index (χ4v) is 3.20. The van der Waals surface area contributed by atoms with Gasteiger partial charge in [-0.2, -0.15) is 0 Å². The zero-order valence-electron chi connectivity index (χ0n) is 10.6. The molecule has 100 valence electrons. The van der Waals surface area contributed by atoms with E-state index in [1.165, 1.54) is 5.56 Å². The van der Waals surface area contributed by atoms with Crippen LogP contribution < -0.4 is 5.73 Å². The van der Waals surface area contributed by atoms with Gasteiger partial charge in [0.2, 0.25) is 0 Å². The van der Waals surface area contributed by atoms with Crippen molar-refractivity contribution in [1.82, 2.24) is 0 Å². The Hall–Kier alpha value is -0.280. The van der Waals surface area contributed by atoms with Gasteiger partial charge in [0.05, 0.1) is 16.1 Å². The first-order chi connectivity index (χ1) is 8.61. The zero-order valence-corrected chi connectivity index (χ0v) is 12.1. The van der Waals surface area contributed by atoms with Gasteiger partial charge in [-0.25, -0.2) is 0 Å². The molecule has 1 aromatic rings. The highest BCUT2D eigenvalue weighted by Gasteiger charge is 2.37. The third-order valence-corrected chi connectivity index (χ3v) is 4.79. The zero-order chi connectivity index (χ0) is 13.2. The highest BCUT2D eigenvalue weighted by atomic mass is 35.5. The predicted octanol–water partition coefficient (Wildman–Crippen LogP) is 3.78. The van der Waals surface area contributed by atoms with E-state index in [0.29, 0.717) is 16.6 Å². The minimum Gasteiger partial charge on any atom is -0.381 e. The summed E-state index contributed by atoms with van der Waals surface area (Å²) in [4.78, 5) is 0. The van der Waals surface area contributed by atoms with Crippen LogP contribution in [0.3, 0.4) is 0 Å². The van der Waals surface area contributed by atoms with Crippen molar-refractivity contribution in [2.45, 2.75) is 37.2 Å². The normalized spacial score (nSPS) is 28.3. The Labute approximate surface area is 118 Å². The van der Waals surface area contributed by atoms with Gasteiger partial charge in [-0.05, 0) is 43.4 Å². The van der Waals surface area contributed by atoms with Gasteiger partial charge in [-0.15, -0.1) is 0 Å². The Morgan fingerprint density at radius 2 is 2.17 bits per heavy atom. The fraction of sp³-hybridized carbons (Fsp3) is 0.571. The van der Waals surface area contributed by atoms with E-state index in [1.807, 2.05) is 18.2 Å². The molecule has 1 fully saturated rings. The summed E-state index contributed by atoms with van der Waals surface area (Å²) in [5, 5.41) is 1.19. The quantitative estimate of drug-likeness (QED) is 0.918. The monoisotopic (exact) mass is 287 g/mol. The Morgan fingerprint density at radius 3 is 2.78 bits per heavy atom. The number of halogens is 2. The molecule has 1 aromatic carbocycles. The molecule has 2 nitrogen and oxygen atoms in total. The first-order valence-corrected chi connectivity index (χ1v) is 7.05. The third-order valence-electron chi connectivity index (χ3n) is 4.06. The molecule has 2 rings (SSSR count). The lowest BCUT2D eigenvalue weighted by molar-refractivity contribution is 0.0412. The smallest absolute Gasteiger partial charge is 0.0595 e. The lowest BCUT2D eigenvalue weighted by Gasteiger charge is -2.40. The topological polar surface area (TPSA) is 35.2 Å². The Bertz CT molecular complexity index is 424. The molecule has 4 heteroatoms. The molecular weight excluding hydrogens is 269 g/mol. The van der Waals surface area contributed by atoms with E-state index < -0.39 is 0 Å². The SMILES string of the molecule is CO[C@@H]1CCC[C@@](CN)(c2ccc(Cl)c(Cl)c2)C1. The standard InChI is InChI=1S/C14H19Cl2NO/c1-18-11-3-2-6-14(8-11,9-17)10-4-5-12(15)13(16)7-10/h4-5,7,11H,2-3,6,8-9,17H2,1H3/t11-,14-/m1/s1. The van der Waals surface area contributed by atoms with E-state index >= 15 is 0 Å². The first-order valence-electron chi connectivity index (χ1n) is 6.30. The highest BCUT2D eigenvalue weighted by Crippen LogP contribution is 2.41. The van der Waals surface area contributed by atoms with E-state index in [0.717, 1.165) is 25.7 Å². The van der Waals surface area contributed by atoms with Gasteiger partial charge in [0, 0.05) is 19.1 Å². The molecule has 1 aliphatic rings. The summed E-state index contributed by atoms with van der Waals surface area (Å²) in [5.74, 6) is 0. The number of hydrogen-bond donors (Lipinski definition) is 1. The van der Waals surface area contributed by atoms with Gasteiger partial charge >= 0.3 is 0 Å². The summed E-state index contributed by atoms with van der Waals surface area (Å²) in [5.41, 5.74) is 7.20. The predicted molar refractivity (Wildman–Crippen MR) is 76.5 cm³/mol. The van der Waals surface area contributed by atoms with Gasteiger partial charge in [0.25, 0.3) is 0 Å². The molecule has 0 unspecified atom stereocenters. The van der Waals surface area contributed by atoms with Gasteiger partial charge in [-0.1, -0.05) is 29.3 Å². The average Bonchev–Trinajstić information content (AvgIpc) is 2.41. The van der Waals surface area contributed by atoms with Crippen molar-refractivity contribution in [3.05, 3.63) is 33.8 Å². The molecular formula is C14H19Cl2NO. The summed E-state index contributed by atoms with van der Waals surface area (Å²) < 4.78 is 5.51. The van der Waals surface area contributed by atoms with Gasteiger partial charge in [0.15, 0.2) is 0 Å². The molecule has 0 heterocycles. The van der Waals surface area contributed by atoms with E-state index in [1.54, 1.807) is 7.11 Å². The van der Waals surface area contributed by atoms with Gasteiger partial charge in [0.1, 0.15) is 0 Å². The van der Waals surface area contributed by atoms with E-state index in [2.05, 4.69) is 0 Å². The van der Waals surface area contributed by atoms with Crippen LogP contribution >= 0.6 is 23.2 Å². The second kappa shape index (κ2) is 5.79. The Kier molecular flexibility index (Phi) is 4.54. The second-order valence-corrected chi connectivity index (χ2v) is 5.88. The molecule has 2 atom stereocenters. The van der Waals surface area contributed by atoms with Crippen LogP contribution in [0.25, 0.3) is 0 Å². The van der Waals surface area contributed by atoms with Crippen LogP contribution in [-0.2, 0) is 10.2 Å². The van der Waals surface area contributed by atoms with Gasteiger partial charge in [-0.3, -0.25) is 0 Å². The third kappa shape index (κ3) is 2.67. The van der Waals surface area contributed by atoms with Crippen molar-refractivity contribution in [2.75, 3.05) is 13.7 Å². The summed E-state index contributed by atoms with van der Waals surface area (Å²) in [6, 6.07) is 5.85. The van der Waals surface area contributed by atoms with Crippen molar-refractivity contribution in [1.29, 1.82) is 0 Å². The summed E-state index contributed by atoms with van der Waals surface area (Å²) in [7, 11) is 1.77. The van der Waals surface area contributed by atoms with Crippen LogP contribution in [0, 0.1) is 0 Å². The van der Waals surface area contributed by atoms with E-state index in [-0.39, 0.29) is 11.5 Å². The highest BCUT2D eigenvalue weighted by molar-refractivity contribution is 6.42. The molecule has 0 saturated heterocycles. The number of nitrogens with two attached hydrogens (primary N) is 1. The largest absolute Gasteiger partial charge is 0.381 e. The summed E-state index contributed by atoms with van der Waals surface area (Å²) in [6.45, 7) is 0.616. The van der Waals surface area contributed by atoms with Crippen LogP contribution in [0.1, 0.15) is 31.2 Å². The number of hydrogen-bond acceptors (Lipinski definition) is 2. The Morgan fingerprint density at radius 1 is 1.39 bits per heavy atom. The summed E-state index contributed by atoms with van der Waals surface area (Å²) >= 11 is 12.1. The molecule has 0 amide bonds. The van der Waals surface area contributed by atoms with Crippen molar-refractivity contribution in [3.63, 3.8) is 0 Å². The molecule has 0 spiro atoms. The van der Waals surface area contributed by atoms with Crippen molar-refractivity contribution in [3.8, 4) is 0 Å². The van der Waals surface area contributed by atoms with Crippen LogP contribution in [0.4, 0.5) is 0 Å². The molecule has 0 bridgehead atoms. The first kappa shape index (κ1) is 14.1. The van der Waals surface area contributed by atoms with Crippen molar-refractivity contribution >= 4 is 23.2 Å². The van der Waals surface area contributed by atoms with Crippen molar-refractivity contribution < 1.29 is 4.74 Å². The van der Waals surface area contributed by atoms with E-state index in [9.17, 15) is 0 Å². The molecule has 0 aliphatic heterocycles. The molecule has 0 radical (unpaired) electrons. The van der Waals surface area contributed by atoms with Crippen molar-refractivity contribution in [2.24, 2.45) is 5.73 Å². The molecule has 1 aliphatic carbocycles. The van der Waals surface area contributed by atoms with Crippen LogP contribution in [0.5, 0.6) is 0 Å². The Balaban J connectivity index is 2.33. The van der Waals surface area contributed by atoms with E-state index in [4.69, 9.17) is 33.7 Å². The van der Waals surface area contributed by atoms with Crippen LogP contribution in [0.15, 0.2) is 18.2 Å². The lowest BCUT2D eigenvalue weighted by atomic mass is 9.68. The van der Waals surface area contributed by atoms with Crippen LogP contribution in [0.2, 0.25) is 10.0 Å². The molecule has 1 saturated carbocycles. The number of methoxy groups -OCH3 is 1. The number of benzene rings is 1. The molecule has 0 aromatic heterocycles.